The van der Waals surface area contributed by atoms with Crippen LogP contribution in [0.25, 0.3) is 0 Å². The maximum Gasteiger partial charge on any atom is 0.222 e. The molecule has 7 amide bonds. The van der Waals surface area contributed by atoms with E-state index in [1.165, 1.54) is 6.20 Å². The van der Waals surface area contributed by atoms with Gasteiger partial charge in [0.1, 0.15) is 22.8 Å². The van der Waals surface area contributed by atoms with Gasteiger partial charge in [-0.2, -0.15) is 20.5 Å². The average Bonchev–Trinajstić information content (AvgIpc) is 4.23. The largest absolute Gasteiger partial charge is 0.374 e. The van der Waals surface area contributed by atoms with Crippen LogP contribution in [0.15, 0.2) is 23.7 Å². The molecule has 0 spiro atoms. The predicted molar refractivity (Wildman–Crippen MR) is 284 cm³/mol. The molecule has 3 aromatic rings. The fraction of sp³-hybridized carbons (Fsp3) is 0.681. The van der Waals surface area contributed by atoms with Crippen molar-refractivity contribution >= 4 is 53.3 Å². The van der Waals surface area contributed by atoms with E-state index in [4.69, 9.17) is 30.2 Å². The first-order valence-electron chi connectivity index (χ1n) is 26.3. The second kappa shape index (κ2) is 41.7. The average molecular weight is 1120 g/mol. The fourth-order valence-electron chi connectivity index (χ4n) is 6.95. The van der Waals surface area contributed by atoms with Gasteiger partial charge in [-0.15, -0.1) is 10.2 Å². The SMILES string of the molecule is Cn1cc(COCCC(=O)NCCCCN(CCC(=O)NCCNC(=O)CCOC/C(C=N)=N/N)CCN(CCC(=O)NCCNC(=O)CCOCc2cn(C)nn2)CCC(=O)NCCNC(=O)CCOCc2cn[nH]n2)nn1. The number of H-pyrrole nitrogens is 1. The van der Waals surface area contributed by atoms with Crippen molar-refractivity contribution in [2.75, 3.05) is 118 Å². The molecule has 3 rings (SSSR count). The van der Waals surface area contributed by atoms with Crippen LogP contribution >= 0.6 is 0 Å². The minimum atomic E-state index is -0.274. The molecule has 0 bridgehead atoms. The van der Waals surface area contributed by atoms with E-state index >= 15 is 0 Å². The van der Waals surface area contributed by atoms with Crippen LogP contribution in [0, 0.1) is 5.41 Å². The molecule has 3 heterocycles. The van der Waals surface area contributed by atoms with Crippen LogP contribution in [0.2, 0.25) is 0 Å². The summed E-state index contributed by atoms with van der Waals surface area (Å²) in [6.45, 7) is 5.56. The van der Waals surface area contributed by atoms with Gasteiger partial charge in [0.2, 0.25) is 41.4 Å². The van der Waals surface area contributed by atoms with Gasteiger partial charge >= 0.3 is 0 Å². The Morgan fingerprint density at radius 3 is 1.29 bits per heavy atom. The number of aryl methyl sites for hydroxylation is 2. The normalized spacial score (nSPS) is 11.4. The third-order valence-electron chi connectivity index (χ3n) is 11.2. The number of nitrogens with zero attached hydrogens (tertiary/aromatic N) is 11. The molecule has 0 aliphatic carbocycles. The molecular weight excluding hydrogens is 1030 g/mol. The Bertz CT molecular complexity index is 2260. The van der Waals surface area contributed by atoms with Crippen molar-refractivity contribution in [1.82, 2.24) is 92.4 Å². The topological polar surface area (TPSA) is 412 Å². The molecule has 0 unspecified atom stereocenters. The number of hydrogen-bond acceptors (Lipinski definition) is 22. The number of nitrogens with one attached hydrogen (secondary N) is 9. The molecule has 0 saturated heterocycles. The van der Waals surface area contributed by atoms with Gasteiger partial charge < -0.3 is 77.2 Å². The van der Waals surface area contributed by atoms with Crippen molar-refractivity contribution in [2.24, 2.45) is 25.0 Å². The van der Waals surface area contributed by atoms with Gasteiger partial charge in [-0.25, -0.2) is 0 Å². The molecule has 0 aliphatic rings. The summed E-state index contributed by atoms with van der Waals surface area (Å²) >= 11 is 0. The standard InChI is InChI=1S/C47H81N21O11/c1-65-31-39(60-63-65)35-78-27-8-44(72)50-12-3-4-19-67(20-5-41(69)51-13-16-54-45(73)9-25-76-33-37(29-48)58-49)23-24-68(21-6-42(70)52-14-17-55-46(74)10-26-77-34-38-30-57-62-59-38)22-7-43(71)53-15-18-56-47(75)11-28-79-36-40-32-66(2)64-61-40/h29-32,48H,3-28,33-36,49H2,1-2H3,(H,50,72)(H,51,69)(H,52,70)(H,53,71)(H,54,73)(H,55,74)(H,56,75)(H,57,59,62)/b48-29?,58-37+. The lowest BCUT2D eigenvalue weighted by molar-refractivity contribution is -0.124. The molecule has 0 aromatic carbocycles. The summed E-state index contributed by atoms with van der Waals surface area (Å²) in [7, 11) is 3.50. The Morgan fingerprint density at radius 1 is 0.544 bits per heavy atom. The van der Waals surface area contributed by atoms with Gasteiger partial charge in [-0.1, -0.05) is 10.4 Å². The summed E-state index contributed by atoms with van der Waals surface area (Å²) in [6.07, 6.45) is 8.17. The van der Waals surface area contributed by atoms with Crippen molar-refractivity contribution < 1.29 is 52.5 Å². The van der Waals surface area contributed by atoms with Crippen molar-refractivity contribution in [1.29, 1.82) is 5.41 Å². The van der Waals surface area contributed by atoms with Gasteiger partial charge in [-0.3, -0.25) is 42.9 Å². The monoisotopic (exact) mass is 1120 g/mol. The summed E-state index contributed by atoms with van der Waals surface area (Å²) in [6, 6.07) is 0. The summed E-state index contributed by atoms with van der Waals surface area (Å²) in [5.74, 6) is 3.55. The molecule has 0 atom stereocenters. The zero-order chi connectivity index (χ0) is 57.1. The van der Waals surface area contributed by atoms with E-state index in [0.29, 0.717) is 75.7 Å². The number of aromatic amines is 1. The lowest BCUT2D eigenvalue weighted by Crippen LogP contribution is -2.42. The zero-order valence-electron chi connectivity index (χ0n) is 45.5. The smallest absolute Gasteiger partial charge is 0.222 e. The van der Waals surface area contributed by atoms with Crippen LogP contribution < -0.4 is 43.1 Å². The second-order valence-electron chi connectivity index (χ2n) is 17.8. The minimum absolute atomic E-state index is 0.0101. The van der Waals surface area contributed by atoms with E-state index in [1.807, 2.05) is 4.90 Å². The Balaban J connectivity index is 1.50. The first-order valence-corrected chi connectivity index (χ1v) is 26.3. The van der Waals surface area contributed by atoms with Crippen LogP contribution in [0.3, 0.4) is 0 Å². The highest BCUT2D eigenvalue weighted by atomic mass is 16.5. The first-order chi connectivity index (χ1) is 38.3. The first kappa shape index (κ1) is 65.9. The summed E-state index contributed by atoms with van der Waals surface area (Å²) < 4.78 is 24.9. The molecular formula is C47H81N21O11. The maximum absolute atomic E-state index is 13.0. The maximum atomic E-state index is 13.0. The molecule has 32 heteroatoms. The molecule has 440 valence electrons. The molecule has 11 N–H and O–H groups in total. The van der Waals surface area contributed by atoms with Gasteiger partial charge in [0, 0.05) is 144 Å². The number of amides is 7. The summed E-state index contributed by atoms with van der Waals surface area (Å²) in [5, 5.41) is 55.9. The Hall–Kier alpha value is -7.39. The Labute approximate surface area is 459 Å². The third kappa shape index (κ3) is 34.2. The number of unbranched alkanes of at least 4 members (excludes halogenated alkanes) is 1. The van der Waals surface area contributed by atoms with Crippen molar-refractivity contribution in [3.63, 3.8) is 0 Å². The lowest BCUT2D eigenvalue weighted by Gasteiger charge is -2.28. The minimum Gasteiger partial charge on any atom is -0.374 e. The van der Waals surface area contributed by atoms with Gasteiger partial charge in [-0.05, 0) is 19.4 Å². The summed E-state index contributed by atoms with van der Waals surface area (Å²) in [5.41, 5.74) is 2.17. The van der Waals surface area contributed by atoms with Crippen LogP contribution in [-0.4, -0.2) is 227 Å². The Morgan fingerprint density at radius 2 is 0.924 bits per heavy atom. The third-order valence-corrected chi connectivity index (χ3v) is 11.2. The van der Waals surface area contributed by atoms with Crippen molar-refractivity contribution in [2.45, 2.75) is 77.6 Å². The molecule has 0 radical (unpaired) electrons. The Kier molecular flexibility index (Phi) is 34.8. The summed E-state index contributed by atoms with van der Waals surface area (Å²) in [4.78, 5) is 92.5. The molecule has 0 saturated carbocycles. The van der Waals surface area contributed by atoms with E-state index in [1.54, 1.807) is 35.9 Å². The van der Waals surface area contributed by atoms with Gasteiger partial charge in [0.25, 0.3) is 0 Å². The number of ether oxygens (including phenoxy) is 4. The number of rotatable bonds is 47. The highest BCUT2D eigenvalue weighted by Crippen LogP contribution is 2.03. The lowest BCUT2D eigenvalue weighted by atomic mass is 10.2. The molecule has 32 nitrogen and oxygen atoms in total. The molecule has 0 fully saturated rings. The molecule has 0 aliphatic heterocycles. The van der Waals surface area contributed by atoms with Crippen LogP contribution in [-0.2, 0) is 86.4 Å². The van der Waals surface area contributed by atoms with Crippen molar-refractivity contribution in [3.8, 4) is 0 Å². The molecule has 79 heavy (non-hydrogen) atoms. The van der Waals surface area contributed by atoms with Crippen molar-refractivity contribution in [3.05, 3.63) is 35.7 Å². The number of hydrazone groups is 1. The second-order valence-corrected chi connectivity index (χ2v) is 17.8. The quantitative estimate of drug-likeness (QED) is 0.0111. The van der Waals surface area contributed by atoms with Crippen LogP contribution in [0.1, 0.15) is 74.9 Å². The van der Waals surface area contributed by atoms with E-state index in [9.17, 15) is 33.6 Å². The zero-order valence-corrected chi connectivity index (χ0v) is 45.5. The van der Waals surface area contributed by atoms with Crippen LogP contribution in [0.4, 0.5) is 0 Å². The van der Waals surface area contributed by atoms with E-state index < -0.39 is 0 Å². The van der Waals surface area contributed by atoms with E-state index in [2.05, 4.69) is 83.3 Å². The highest BCUT2D eigenvalue weighted by molar-refractivity contribution is 6.30. The van der Waals surface area contributed by atoms with E-state index in [0.717, 1.165) is 6.21 Å². The number of carbonyl (C=O) groups excluding carboxylic acids is 7. The number of aromatic nitrogens is 9. The molecule has 3 aromatic heterocycles. The van der Waals surface area contributed by atoms with Gasteiger partial charge in [0.15, 0.2) is 0 Å². The van der Waals surface area contributed by atoms with Crippen LogP contribution in [0.5, 0.6) is 0 Å². The number of hydrogen-bond donors (Lipinski definition) is 10. The van der Waals surface area contributed by atoms with Gasteiger partial charge in [0.05, 0.1) is 71.4 Å². The number of nitrogens with two attached hydrogens (primary N) is 1. The number of carbonyl (C=O) groups is 7. The predicted octanol–water partition coefficient (Wildman–Crippen LogP) is -4.08. The highest BCUT2D eigenvalue weighted by Gasteiger charge is 2.16. The van der Waals surface area contributed by atoms with E-state index in [-0.39, 0.29) is 184 Å². The fourth-order valence-corrected chi connectivity index (χ4v) is 6.95.